The number of carbonyl (C=O) groups is 2. The topological polar surface area (TPSA) is 64.7 Å². The first-order valence-electron chi connectivity index (χ1n) is 9.13. The molecule has 0 atom stereocenters. The summed E-state index contributed by atoms with van der Waals surface area (Å²) >= 11 is 0. The van der Waals surface area contributed by atoms with Gasteiger partial charge in [-0.2, -0.15) is 0 Å². The number of hydrogen-bond acceptors (Lipinski definition) is 3. The third-order valence-electron chi connectivity index (χ3n) is 4.20. The Balaban J connectivity index is 1.70. The maximum atomic E-state index is 12.3. The van der Waals surface area contributed by atoms with Gasteiger partial charge in [0.25, 0.3) is 0 Å². The quantitative estimate of drug-likeness (QED) is 0.826. The molecular weight excluding hydrogens is 316 g/mol. The Morgan fingerprint density at radius 3 is 2.56 bits per heavy atom. The number of rotatable bonds is 6. The van der Waals surface area contributed by atoms with Crippen molar-refractivity contribution in [3.8, 4) is 0 Å². The van der Waals surface area contributed by atoms with E-state index in [9.17, 15) is 9.59 Å². The molecule has 25 heavy (non-hydrogen) atoms. The van der Waals surface area contributed by atoms with Crippen molar-refractivity contribution in [2.75, 3.05) is 32.7 Å². The van der Waals surface area contributed by atoms with Gasteiger partial charge in [0.1, 0.15) is 0 Å². The molecule has 0 bridgehead atoms. The minimum atomic E-state index is -0.0705. The number of nitrogens with one attached hydrogen (secondary N) is 2. The summed E-state index contributed by atoms with van der Waals surface area (Å²) in [6.07, 6.45) is 1.28. The van der Waals surface area contributed by atoms with Crippen LogP contribution in [0.5, 0.6) is 0 Å². The van der Waals surface area contributed by atoms with E-state index in [2.05, 4.69) is 39.8 Å². The van der Waals surface area contributed by atoms with Gasteiger partial charge >= 0.3 is 6.03 Å². The van der Waals surface area contributed by atoms with Crippen molar-refractivity contribution in [1.29, 1.82) is 0 Å². The average Bonchev–Trinajstić information content (AvgIpc) is 2.80. The summed E-state index contributed by atoms with van der Waals surface area (Å²) < 4.78 is 0. The van der Waals surface area contributed by atoms with E-state index in [1.54, 1.807) is 0 Å². The number of nitrogens with zero attached hydrogens (tertiary/aromatic N) is 2. The second kappa shape index (κ2) is 10.0. The number of hydrogen-bond donors (Lipinski definition) is 2. The van der Waals surface area contributed by atoms with Gasteiger partial charge in [-0.3, -0.25) is 9.69 Å². The molecule has 6 heteroatoms. The first-order chi connectivity index (χ1) is 12.0. The van der Waals surface area contributed by atoms with Crippen LogP contribution in [0.15, 0.2) is 30.3 Å². The average molecular weight is 346 g/mol. The molecule has 6 nitrogen and oxygen atoms in total. The van der Waals surface area contributed by atoms with E-state index in [1.165, 1.54) is 5.56 Å². The van der Waals surface area contributed by atoms with Gasteiger partial charge in [-0.15, -0.1) is 0 Å². The van der Waals surface area contributed by atoms with Crippen molar-refractivity contribution in [3.05, 3.63) is 35.9 Å². The van der Waals surface area contributed by atoms with Crippen LogP contribution in [0.2, 0.25) is 0 Å². The van der Waals surface area contributed by atoms with Crippen molar-refractivity contribution in [2.45, 2.75) is 39.3 Å². The van der Waals surface area contributed by atoms with Gasteiger partial charge in [0.15, 0.2) is 0 Å². The van der Waals surface area contributed by atoms with Gasteiger partial charge in [0, 0.05) is 51.7 Å². The molecule has 1 saturated heterocycles. The molecular formula is C19H30N4O2. The maximum absolute atomic E-state index is 12.3. The molecule has 1 heterocycles. The summed E-state index contributed by atoms with van der Waals surface area (Å²) in [5.74, 6) is -0.0276. The summed E-state index contributed by atoms with van der Waals surface area (Å²) in [7, 11) is 0. The minimum absolute atomic E-state index is 0.0276. The lowest BCUT2D eigenvalue weighted by Gasteiger charge is -2.22. The third kappa shape index (κ3) is 7.13. The van der Waals surface area contributed by atoms with Crippen LogP contribution in [0.25, 0.3) is 0 Å². The molecule has 0 aliphatic carbocycles. The molecule has 0 radical (unpaired) electrons. The summed E-state index contributed by atoms with van der Waals surface area (Å²) in [5.41, 5.74) is 1.30. The lowest BCUT2D eigenvalue weighted by atomic mass is 10.2. The third-order valence-corrected chi connectivity index (χ3v) is 4.20. The lowest BCUT2D eigenvalue weighted by Crippen LogP contribution is -2.43. The summed E-state index contributed by atoms with van der Waals surface area (Å²) in [4.78, 5) is 28.1. The Hall–Kier alpha value is -2.08. The molecule has 2 rings (SSSR count). The Labute approximate surface area is 150 Å². The normalized spacial score (nSPS) is 15.7. The molecule has 1 aliphatic heterocycles. The van der Waals surface area contributed by atoms with Crippen LogP contribution in [-0.4, -0.2) is 60.5 Å². The fourth-order valence-electron chi connectivity index (χ4n) is 2.96. The Morgan fingerprint density at radius 2 is 1.84 bits per heavy atom. The second-order valence-corrected chi connectivity index (χ2v) is 6.81. The molecule has 1 aliphatic rings. The van der Waals surface area contributed by atoms with E-state index >= 15 is 0 Å². The first-order valence-corrected chi connectivity index (χ1v) is 9.13. The van der Waals surface area contributed by atoms with E-state index in [-0.39, 0.29) is 18.0 Å². The molecule has 3 amide bonds. The van der Waals surface area contributed by atoms with E-state index < -0.39 is 0 Å². The van der Waals surface area contributed by atoms with Crippen LogP contribution in [0.4, 0.5) is 4.79 Å². The summed E-state index contributed by atoms with van der Waals surface area (Å²) in [6, 6.07) is 10.5. The molecule has 1 fully saturated rings. The number of urea groups is 1. The van der Waals surface area contributed by atoms with Gasteiger partial charge < -0.3 is 15.5 Å². The molecule has 0 unspecified atom stereocenters. The lowest BCUT2D eigenvalue weighted by molar-refractivity contribution is -0.121. The van der Waals surface area contributed by atoms with Crippen molar-refractivity contribution < 1.29 is 9.59 Å². The summed E-state index contributed by atoms with van der Waals surface area (Å²) in [6.45, 7) is 8.49. The highest BCUT2D eigenvalue weighted by Gasteiger charge is 2.19. The van der Waals surface area contributed by atoms with E-state index in [0.29, 0.717) is 13.0 Å². The largest absolute Gasteiger partial charge is 0.354 e. The molecule has 138 valence electrons. The highest BCUT2D eigenvalue weighted by molar-refractivity contribution is 5.78. The van der Waals surface area contributed by atoms with E-state index in [4.69, 9.17) is 0 Å². The van der Waals surface area contributed by atoms with Gasteiger partial charge in [0.05, 0.1) is 0 Å². The van der Waals surface area contributed by atoms with Gasteiger partial charge in [-0.1, -0.05) is 30.3 Å². The zero-order chi connectivity index (χ0) is 18.1. The Kier molecular flexibility index (Phi) is 7.73. The Bertz CT molecular complexity index is 548. The number of carbonyl (C=O) groups excluding carboxylic acids is 2. The van der Waals surface area contributed by atoms with Crippen LogP contribution >= 0.6 is 0 Å². The smallest absolute Gasteiger partial charge is 0.317 e. The van der Waals surface area contributed by atoms with Crippen molar-refractivity contribution in [1.82, 2.24) is 20.4 Å². The van der Waals surface area contributed by atoms with Crippen LogP contribution in [-0.2, 0) is 11.3 Å². The SMILES string of the molecule is CC(C)NC(=O)CCNC(=O)N1CCCN(Cc2ccccc2)CC1. The van der Waals surface area contributed by atoms with Crippen molar-refractivity contribution >= 4 is 11.9 Å². The zero-order valence-electron chi connectivity index (χ0n) is 15.3. The number of benzene rings is 1. The predicted octanol–water partition coefficient (Wildman–Crippen LogP) is 1.82. The molecule has 1 aromatic rings. The molecule has 1 aromatic carbocycles. The number of amides is 3. The maximum Gasteiger partial charge on any atom is 0.317 e. The second-order valence-electron chi connectivity index (χ2n) is 6.81. The standard InChI is InChI=1S/C19H30N4O2/c1-16(2)21-18(24)9-10-20-19(25)23-12-6-11-22(13-14-23)15-17-7-4-3-5-8-17/h3-5,7-8,16H,6,9-15H2,1-2H3,(H,20,25)(H,21,24). The minimum Gasteiger partial charge on any atom is -0.354 e. The van der Waals surface area contributed by atoms with Gasteiger partial charge in [-0.25, -0.2) is 4.79 Å². The van der Waals surface area contributed by atoms with Crippen LogP contribution in [0.1, 0.15) is 32.3 Å². The molecule has 2 N–H and O–H groups in total. The fourth-order valence-corrected chi connectivity index (χ4v) is 2.96. The van der Waals surface area contributed by atoms with E-state index in [1.807, 2.05) is 24.8 Å². The summed E-state index contributed by atoms with van der Waals surface area (Å²) in [5, 5.41) is 5.68. The van der Waals surface area contributed by atoms with Crippen molar-refractivity contribution in [2.24, 2.45) is 0 Å². The highest BCUT2D eigenvalue weighted by Crippen LogP contribution is 2.09. The van der Waals surface area contributed by atoms with Gasteiger partial charge in [0.2, 0.25) is 5.91 Å². The monoisotopic (exact) mass is 346 g/mol. The van der Waals surface area contributed by atoms with E-state index in [0.717, 1.165) is 39.1 Å². The first kappa shape index (κ1) is 19.2. The van der Waals surface area contributed by atoms with Crippen LogP contribution in [0.3, 0.4) is 0 Å². The van der Waals surface area contributed by atoms with Crippen LogP contribution < -0.4 is 10.6 Å². The fraction of sp³-hybridized carbons (Fsp3) is 0.579. The van der Waals surface area contributed by atoms with Gasteiger partial charge in [-0.05, 0) is 25.8 Å². The molecule has 0 saturated carbocycles. The predicted molar refractivity (Wildman–Crippen MR) is 99.2 cm³/mol. The zero-order valence-corrected chi connectivity index (χ0v) is 15.3. The van der Waals surface area contributed by atoms with Crippen LogP contribution in [0, 0.1) is 0 Å². The Morgan fingerprint density at radius 1 is 1.08 bits per heavy atom. The molecule has 0 aromatic heterocycles. The highest BCUT2D eigenvalue weighted by atomic mass is 16.2. The molecule has 0 spiro atoms. The van der Waals surface area contributed by atoms with Crippen molar-refractivity contribution in [3.63, 3.8) is 0 Å².